The number of nitrogens with one attached hydrogen (secondary N) is 1. The van der Waals surface area contributed by atoms with Crippen LogP contribution in [0.25, 0.3) is 0 Å². The molecule has 1 aromatic rings. The normalized spacial score (nSPS) is 17.7. The van der Waals surface area contributed by atoms with Gasteiger partial charge in [0.25, 0.3) is 5.91 Å². The highest BCUT2D eigenvalue weighted by Gasteiger charge is 2.32. The summed E-state index contributed by atoms with van der Waals surface area (Å²) in [6.45, 7) is 0. The summed E-state index contributed by atoms with van der Waals surface area (Å²) in [7, 11) is 3.25. The predicted octanol–water partition coefficient (Wildman–Crippen LogP) is 0.519. The first-order valence-corrected chi connectivity index (χ1v) is 6.07. The molecule has 1 aliphatic rings. The molecule has 0 saturated carbocycles. The fraction of sp³-hybridized carbons (Fsp3) is 0.385. The van der Waals surface area contributed by atoms with Gasteiger partial charge < -0.3 is 20.7 Å². The molecule has 2 rings (SSSR count). The molecule has 1 aliphatic heterocycles. The van der Waals surface area contributed by atoms with Gasteiger partial charge in [-0.25, -0.2) is 0 Å². The van der Waals surface area contributed by atoms with Crippen LogP contribution in [0.4, 0.5) is 11.4 Å². The SMILES string of the molecule is CNC(=O)CCC1Oc2cc(N)ccc2N(C)C1=O. The van der Waals surface area contributed by atoms with E-state index < -0.39 is 6.10 Å². The lowest BCUT2D eigenvalue weighted by Gasteiger charge is -2.32. The Bertz CT molecular complexity index is 516. The molecule has 0 bridgehead atoms. The van der Waals surface area contributed by atoms with E-state index in [2.05, 4.69) is 5.32 Å². The number of fused-ring (bicyclic) bond motifs is 1. The van der Waals surface area contributed by atoms with Crippen molar-refractivity contribution in [2.75, 3.05) is 24.7 Å². The molecule has 2 amide bonds. The smallest absolute Gasteiger partial charge is 0.267 e. The van der Waals surface area contributed by atoms with Gasteiger partial charge >= 0.3 is 0 Å². The fourth-order valence-electron chi connectivity index (χ4n) is 2.01. The number of carbonyl (C=O) groups excluding carboxylic acids is 2. The summed E-state index contributed by atoms with van der Waals surface area (Å²) < 4.78 is 5.64. The molecule has 1 heterocycles. The number of amides is 2. The van der Waals surface area contributed by atoms with Crippen LogP contribution in [0.2, 0.25) is 0 Å². The maximum absolute atomic E-state index is 12.1. The number of nitrogens with two attached hydrogens (primary N) is 1. The minimum atomic E-state index is -0.642. The van der Waals surface area contributed by atoms with Crippen molar-refractivity contribution >= 4 is 23.2 Å². The van der Waals surface area contributed by atoms with E-state index in [-0.39, 0.29) is 18.2 Å². The van der Waals surface area contributed by atoms with Gasteiger partial charge in [-0.2, -0.15) is 0 Å². The monoisotopic (exact) mass is 263 g/mol. The van der Waals surface area contributed by atoms with Crippen molar-refractivity contribution in [3.8, 4) is 5.75 Å². The third-order valence-electron chi connectivity index (χ3n) is 3.13. The zero-order chi connectivity index (χ0) is 14.0. The Kier molecular flexibility index (Phi) is 3.59. The van der Waals surface area contributed by atoms with E-state index in [1.807, 2.05) is 0 Å². The Morgan fingerprint density at radius 1 is 1.53 bits per heavy atom. The van der Waals surface area contributed by atoms with Crippen molar-refractivity contribution in [1.82, 2.24) is 5.32 Å². The Morgan fingerprint density at radius 2 is 2.26 bits per heavy atom. The first-order chi connectivity index (χ1) is 9.02. The molecular weight excluding hydrogens is 246 g/mol. The van der Waals surface area contributed by atoms with Crippen LogP contribution < -0.4 is 20.7 Å². The zero-order valence-corrected chi connectivity index (χ0v) is 11.0. The number of hydrogen-bond donors (Lipinski definition) is 2. The minimum Gasteiger partial charge on any atom is -0.478 e. The summed E-state index contributed by atoms with van der Waals surface area (Å²) >= 11 is 0. The topological polar surface area (TPSA) is 84.7 Å². The molecule has 3 N–H and O–H groups in total. The molecule has 0 aromatic heterocycles. The minimum absolute atomic E-state index is 0.113. The second-order valence-corrected chi connectivity index (χ2v) is 4.44. The van der Waals surface area contributed by atoms with Crippen LogP contribution in [0.5, 0.6) is 5.75 Å². The highest BCUT2D eigenvalue weighted by atomic mass is 16.5. The molecule has 0 fully saturated rings. The first kappa shape index (κ1) is 13.2. The van der Waals surface area contributed by atoms with Crippen molar-refractivity contribution in [3.63, 3.8) is 0 Å². The van der Waals surface area contributed by atoms with E-state index in [0.29, 0.717) is 23.5 Å². The summed E-state index contributed by atoms with van der Waals surface area (Å²) in [5.74, 6) is 0.308. The largest absolute Gasteiger partial charge is 0.478 e. The van der Waals surface area contributed by atoms with Gasteiger partial charge in [0.2, 0.25) is 5.91 Å². The number of nitrogen functional groups attached to an aromatic ring is 1. The number of ether oxygens (including phenoxy) is 1. The van der Waals surface area contributed by atoms with Crippen LogP contribution in [-0.4, -0.2) is 32.0 Å². The number of likely N-dealkylation sites (N-methyl/N-ethyl adjacent to an activating group) is 1. The van der Waals surface area contributed by atoms with Gasteiger partial charge in [0.05, 0.1) is 5.69 Å². The highest BCUT2D eigenvalue weighted by Crippen LogP contribution is 2.35. The summed E-state index contributed by atoms with van der Waals surface area (Å²) in [6, 6.07) is 5.15. The number of hydrogen-bond acceptors (Lipinski definition) is 4. The van der Waals surface area contributed by atoms with Gasteiger partial charge in [-0.1, -0.05) is 0 Å². The third-order valence-corrected chi connectivity index (χ3v) is 3.13. The standard InChI is InChI=1S/C13H17N3O3/c1-15-12(17)6-5-10-13(18)16(2)9-4-3-8(14)7-11(9)19-10/h3-4,7,10H,5-6,14H2,1-2H3,(H,15,17). The van der Waals surface area contributed by atoms with Crippen molar-refractivity contribution < 1.29 is 14.3 Å². The van der Waals surface area contributed by atoms with Crippen LogP contribution in [0.1, 0.15) is 12.8 Å². The van der Waals surface area contributed by atoms with Gasteiger partial charge in [-0.3, -0.25) is 9.59 Å². The molecule has 6 nitrogen and oxygen atoms in total. The maximum atomic E-state index is 12.1. The molecule has 0 aliphatic carbocycles. The summed E-state index contributed by atoms with van der Waals surface area (Å²) in [6.07, 6.45) is -0.0493. The number of benzene rings is 1. The Labute approximate surface area is 111 Å². The van der Waals surface area contributed by atoms with E-state index in [0.717, 1.165) is 0 Å². The molecule has 1 aromatic carbocycles. The predicted molar refractivity (Wildman–Crippen MR) is 72.0 cm³/mol. The van der Waals surface area contributed by atoms with Crippen LogP contribution in [-0.2, 0) is 9.59 Å². The van der Waals surface area contributed by atoms with Crippen LogP contribution in [0.15, 0.2) is 18.2 Å². The lowest BCUT2D eigenvalue weighted by atomic mass is 10.1. The highest BCUT2D eigenvalue weighted by molar-refractivity contribution is 6.00. The Balaban J connectivity index is 2.17. The molecule has 1 atom stereocenters. The summed E-state index contributed by atoms with van der Waals surface area (Å²) in [5, 5.41) is 2.52. The molecule has 1 unspecified atom stereocenters. The second kappa shape index (κ2) is 5.17. The summed E-state index contributed by atoms with van der Waals surface area (Å²) in [5.41, 5.74) is 6.97. The second-order valence-electron chi connectivity index (χ2n) is 4.44. The van der Waals surface area contributed by atoms with E-state index in [4.69, 9.17) is 10.5 Å². The quantitative estimate of drug-likeness (QED) is 0.779. The van der Waals surface area contributed by atoms with Gasteiger partial charge in [0, 0.05) is 38.7 Å². The summed E-state index contributed by atoms with van der Waals surface area (Å²) in [4.78, 5) is 24.9. The number of carbonyl (C=O) groups is 2. The van der Waals surface area contributed by atoms with E-state index in [1.165, 1.54) is 4.90 Å². The molecule has 19 heavy (non-hydrogen) atoms. The van der Waals surface area contributed by atoms with Crippen LogP contribution >= 0.6 is 0 Å². The van der Waals surface area contributed by atoms with Crippen molar-refractivity contribution in [2.24, 2.45) is 0 Å². The number of nitrogens with zero attached hydrogens (tertiary/aromatic N) is 1. The van der Waals surface area contributed by atoms with E-state index >= 15 is 0 Å². The van der Waals surface area contributed by atoms with Crippen molar-refractivity contribution in [2.45, 2.75) is 18.9 Å². The molecule has 0 spiro atoms. The molecule has 6 heteroatoms. The Hall–Kier alpha value is -2.24. The van der Waals surface area contributed by atoms with E-state index in [1.54, 1.807) is 32.3 Å². The molecule has 102 valence electrons. The third kappa shape index (κ3) is 2.62. The number of rotatable bonds is 3. The van der Waals surface area contributed by atoms with Crippen LogP contribution in [0.3, 0.4) is 0 Å². The van der Waals surface area contributed by atoms with Gasteiger partial charge in [0.15, 0.2) is 6.10 Å². The molecular formula is C13H17N3O3. The zero-order valence-electron chi connectivity index (χ0n) is 11.0. The molecule has 0 radical (unpaired) electrons. The fourth-order valence-corrected chi connectivity index (χ4v) is 2.01. The average molecular weight is 263 g/mol. The van der Waals surface area contributed by atoms with Crippen LogP contribution in [0, 0.1) is 0 Å². The van der Waals surface area contributed by atoms with Gasteiger partial charge in [-0.15, -0.1) is 0 Å². The Morgan fingerprint density at radius 3 is 2.95 bits per heavy atom. The average Bonchev–Trinajstić information content (AvgIpc) is 2.40. The number of anilines is 2. The van der Waals surface area contributed by atoms with Crippen molar-refractivity contribution in [3.05, 3.63) is 18.2 Å². The van der Waals surface area contributed by atoms with Gasteiger partial charge in [-0.05, 0) is 12.1 Å². The van der Waals surface area contributed by atoms with Crippen molar-refractivity contribution in [1.29, 1.82) is 0 Å². The van der Waals surface area contributed by atoms with E-state index in [9.17, 15) is 9.59 Å². The lowest BCUT2D eigenvalue weighted by Crippen LogP contribution is -2.44. The lowest BCUT2D eigenvalue weighted by molar-refractivity contribution is -0.127. The molecule has 0 saturated heterocycles. The maximum Gasteiger partial charge on any atom is 0.267 e. The first-order valence-electron chi connectivity index (χ1n) is 6.07. The van der Waals surface area contributed by atoms with Gasteiger partial charge in [0.1, 0.15) is 5.75 Å².